The topological polar surface area (TPSA) is 35.5 Å². The Bertz CT molecular complexity index is 475. The average Bonchev–Trinajstić information content (AvgIpc) is 2.48. The molecule has 1 saturated carbocycles. The Labute approximate surface area is 120 Å². The maximum atomic E-state index is 11.5. The van der Waals surface area contributed by atoms with Gasteiger partial charge in [0.15, 0.2) is 0 Å². The fourth-order valence-corrected chi connectivity index (χ4v) is 3.40. The van der Waals surface area contributed by atoms with Crippen LogP contribution >= 0.6 is 0 Å². The molecule has 1 atom stereocenters. The van der Waals surface area contributed by atoms with Crippen molar-refractivity contribution >= 4 is 5.97 Å². The van der Waals surface area contributed by atoms with Crippen LogP contribution < -0.4 is 0 Å². The Kier molecular flexibility index (Phi) is 4.06. The number of rotatable bonds is 4. The molecule has 0 saturated heterocycles. The van der Waals surface area contributed by atoms with Gasteiger partial charge in [-0.25, -0.2) is 0 Å². The second-order valence-corrected chi connectivity index (χ2v) is 5.93. The van der Waals surface area contributed by atoms with Crippen LogP contribution in [0.25, 0.3) is 0 Å². The third-order valence-electron chi connectivity index (χ3n) is 4.70. The Morgan fingerprint density at radius 2 is 1.95 bits per heavy atom. The van der Waals surface area contributed by atoms with Gasteiger partial charge in [-0.3, -0.25) is 4.79 Å². The van der Waals surface area contributed by atoms with Crippen LogP contribution in [0.15, 0.2) is 24.3 Å². The van der Waals surface area contributed by atoms with E-state index in [4.69, 9.17) is 9.47 Å². The highest BCUT2D eigenvalue weighted by Gasteiger charge is 2.30. The van der Waals surface area contributed by atoms with Crippen molar-refractivity contribution in [1.29, 1.82) is 0 Å². The van der Waals surface area contributed by atoms with E-state index in [-0.39, 0.29) is 11.9 Å². The van der Waals surface area contributed by atoms with Crippen molar-refractivity contribution in [3.05, 3.63) is 35.4 Å². The molecule has 0 heterocycles. The van der Waals surface area contributed by atoms with E-state index in [0.29, 0.717) is 12.0 Å². The highest BCUT2D eigenvalue weighted by molar-refractivity contribution is 5.72. The van der Waals surface area contributed by atoms with Gasteiger partial charge in [-0.15, -0.1) is 0 Å². The molecule has 3 nitrogen and oxygen atoms in total. The molecule has 0 N–H and O–H groups in total. The Balaban J connectivity index is 1.42. The summed E-state index contributed by atoms with van der Waals surface area (Å²) < 4.78 is 10.9. The largest absolute Gasteiger partial charge is 0.469 e. The van der Waals surface area contributed by atoms with E-state index in [2.05, 4.69) is 24.3 Å². The lowest BCUT2D eigenvalue weighted by molar-refractivity contribution is -0.147. The first kappa shape index (κ1) is 13.6. The van der Waals surface area contributed by atoms with Crippen LogP contribution in [-0.4, -0.2) is 25.8 Å². The van der Waals surface area contributed by atoms with E-state index in [1.165, 1.54) is 18.2 Å². The van der Waals surface area contributed by atoms with Crippen molar-refractivity contribution in [2.75, 3.05) is 13.7 Å². The molecular formula is C17H22O3. The molecule has 1 aromatic rings. The summed E-state index contributed by atoms with van der Waals surface area (Å²) in [6, 6.07) is 8.62. The summed E-state index contributed by atoms with van der Waals surface area (Å²) in [6.07, 6.45) is 5.23. The maximum Gasteiger partial charge on any atom is 0.308 e. The predicted molar refractivity (Wildman–Crippen MR) is 76.6 cm³/mol. The van der Waals surface area contributed by atoms with Gasteiger partial charge < -0.3 is 9.47 Å². The van der Waals surface area contributed by atoms with Crippen LogP contribution in [0.3, 0.4) is 0 Å². The van der Waals surface area contributed by atoms with E-state index in [1.807, 2.05) is 0 Å². The van der Waals surface area contributed by atoms with Crippen molar-refractivity contribution in [2.45, 2.75) is 44.1 Å². The summed E-state index contributed by atoms with van der Waals surface area (Å²) in [4.78, 5) is 11.5. The van der Waals surface area contributed by atoms with Gasteiger partial charge in [0.1, 0.15) is 0 Å². The summed E-state index contributed by atoms with van der Waals surface area (Å²) in [6.45, 7) is 0.824. The summed E-state index contributed by atoms with van der Waals surface area (Å²) >= 11 is 0. The molecule has 2 aliphatic rings. The van der Waals surface area contributed by atoms with E-state index >= 15 is 0 Å². The summed E-state index contributed by atoms with van der Waals surface area (Å²) in [5.74, 6) is 0.602. The quantitative estimate of drug-likeness (QED) is 0.792. The SMILES string of the molecule is COC(=O)C1CCC(OCC2Cc3ccccc32)CC1. The molecule has 108 valence electrons. The first-order chi connectivity index (χ1) is 9.78. The molecule has 1 unspecified atom stereocenters. The van der Waals surface area contributed by atoms with Crippen molar-refractivity contribution in [2.24, 2.45) is 5.92 Å². The van der Waals surface area contributed by atoms with Gasteiger partial charge in [-0.05, 0) is 43.2 Å². The average molecular weight is 274 g/mol. The van der Waals surface area contributed by atoms with Gasteiger partial charge in [0.05, 0.1) is 25.7 Å². The monoisotopic (exact) mass is 274 g/mol. The van der Waals surface area contributed by atoms with Gasteiger partial charge in [-0.2, -0.15) is 0 Å². The molecule has 0 aliphatic heterocycles. The van der Waals surface area contributed by atoms with Crippen LogP contribution in [0.2, 0.25) is 0 Å². The zero-order valence-electron chi connectivity index (χ0n) is 12.0. The molecule has 0 amide bonds. The summed E-state index contributed by atoms with van der Waals surface area (Å²) in [5, 5.41) is 0. The van der Waals surface area contributed by atoms with Gasteiger partial charge in [0.25, 0.3) is 0 Å². The fourth-order valence-electron chi connectivity index (χ4n) is 3.40. The van der Waals surface area contributed by atoms with Crippen LogP contribution in [-0.2, 0) is 20.7 Å². The fraction of sp³-hybridized carbons (Fsp3) is 0.588. The Morgan fingerprint density at radius 1 is 1.20 bits per heavy atom. The van der Waals surface area contributed by atoms with Crippen LogP contribution in [0, 0.1) is 5.92 Å². The molecule has 0 bridgehead atoms. The lowest BCUT2D eigenvalue weighted by atomic mass is 9.78. The lowest BCUT2D eigenvalue weighted by Crippen LogP contribution is -2.30. The number of hydrogen-bond donors (Lipinski definition) is 0. The third kappa shape index (κ3) is 2.73. The van der Waals surface area contributed by atoms with Gasteiger partial charge in [-0.1, -0.05) is 24.3 Å². The van der Waals surface area contributed by atoms with Gasteiger partial charge in [0, 0.05) is 5.92 Å². The summed E-state index contributed by atoms with van der Waals surface area (Å²) in [7, 11) is 1.47. The third-order valence-corrected chi connectivity index (χ3v) is 4.70. The van der Waals surface area contributed by atoms with Crippen molar-refractivity contribution in [3.63, 3.8) is 0 Å². The zero-order chi connectivity index (χ0) is 13.9. The zero-order valence-corrected chi connectivity index (χ0v) is 12.0. The van der Waals surface area contributed by atoms with Gasteiger partial charge >= 0.3 is 5.97 Å². The van der Waals surface area contributed by atoms with Crippen molar-refractivity contribution < 1.29 is 14.3 Å². The van der Waals surface area contributed by atoms with E-state index < -0.39 is 0 Å². The van der Waals surface area contributed by atoms with Gasteiger partial charge in [0.2, 0.25) is 0 Å². The van der Waals surface area contributed by atoms with E-state index in [1.54, 1.807) is 0 Å². The minimum atomic E-state index is -0.0589. The molecule has 2 aliphatic carbocycles. The molecule has 3 heteroatoms. The van der Waals surface area contributed by atoms with Crippen molar-refractivity contribution in [1.82, 2.24) is 0 Å². The number of carbonyl (C=O) groups is 1. The smallest absolute Gasteiger partial charge is 0.308 e. The molecule has 20 heavy (non-hydrogen) atoms. The highest BCUT2D eigenvalue weighted by atomic mass is 16.5. The van der Waals surface area contributed by atoms with E-state index in [9.17, 15) is 4.79 Å². The first-order valence-corrected chi connectivity index (χ1v) is 7.55. The number of esters is 1. The standard InChI is InChI=1S/C17H22O3/c1-19-17(18)12-6-8-15(9-7-12)20-11-14-10-13-4-2-3-5-16(13)14/h2-5,12,14-15H,6-11H2,1H3. The Morgan fingerprint density at radius 3 is 2.65 bits per heavy atom. The van der Waals surface area contributed by atoms with Crippen LogP contribution in [0.5, 0.6) is 0 Å². The van der Waals surface area contributed by atoms with Crippen LogP contribution in [0.1, 0.15) is 42.7 Å². The molecule has 3 rings (SSSR count). The molecule has 0 aromatic heterocycles. The Hall–Kier alpha value is -1.35. The van der Waals surface area contributed by atoms with E-state index in [0.717, 1.165) is 38.7 Å². The maximum absolute atomic E-state index is 11.5. The summed E-state index contributed by atoms with van der Waals surface area (Å²) in [5.41, 5.74) is 2.92. The van der Waals surface area contributed by atoms with Crippen molar-refractivity contribution in [3.8, 4) is 0 Å². The number of benzene rings is 1. The molecular weight excluding hydrogens is 252 g/mol. The second-order valence-electron chi connectivity index (χ2n) is 5.93. The van der Waals surface area contributed by atoms with Crippen LogP contribution in [0.4, 0.5) is 0 Å². The molecule has 1 aromatic carbocycles. The molecule has 0 radical (unpaired) electrons. The number of ether oxygens (including phenoxy) is 2. The molecule has 0 spiro atoms. The lowest BCUT2D eigenvalue weighted by Gasteiger charge is -2.33. The minimum absolute atomic E-state index is 0.0589. The number of carbonyl (C=O) groups excluding carboxylic acids is 1. The number of fused-ring (bicyclic) bond motifs is 1. The minimum Gasteiger partial charge on any atom is -0.469 e. The number of hydrogen-bond acceptors (Lipinski definition) is 3. The molecule has 1 fully saturated rings. The number of methoxy groups -OCH3 is 1. The second kappa shape index (κ2) is 5.96. The predicted octanol–water partition coefficient (Wildman–Crippen LogP) is 3.07. The highest BCUT2D eigenvalue weighted by Crippen LogP contribution is 2.36. The normalized spacial score (nSPS) is 28.4. The first-order valence-electron chi connectivity index (χ1n) is 7.55.